The standard InChI is InChI=1S/C21H24N4O4S/c1-13-6-17(29-24-13)8-20(27)25-10-16(26)7-19(25)21(28)22-9-14-2-4-15(5-3-14)18-11-30-12-23-18/h2-6,11,16,19,23,26H,7-10,12H2,1H3,(H,22,28)/t16-,19+/m1/s1. The molecule has 2 atom stereocenters. The van der Waals surface area contributed by atoms with E-state index in [0.29, 0.717) is 18.0 Å². The fourth-order valence-electron chi connectivity index (χ4n) is 3.65. The van der Waals surface area contributed by atoms with Gasteiger partial charge in [-0.1, -0.05) is 29.4 Å². The third-order valence-corrected chi connectivity index (χ3v) is 5.90. The van der Waals surface area contributed by atoms with Crippen molar-refractivity contribution in [2.75, 3.05) is 12.4 Å². The topological polar surface area (TPSA) is 108 Å². The van der Waals surface area contributed by atoms with Gasteiger partial charge in [0, 0.05) is 31.3 Å². The number of nitrogens with zero attached hydrogens (tertiary/aromatic N) is 2. The van der Waals surface area contributed by atoms with Gasteiger partial charge in [-0.25, -0.2) is 0 Å². The minimum Gasteiger partial charge on any atom is -0.391 e. The van der Waals surface area contributed by atoms with Crippen molar-refractivity contribution < 1.29 is 19.2 Å². The van der Waals surface area contributed by atoms with Crippen LogP contribution in [-0.4, -0.2) is 51.5 Å². The Morgan fingerprint density at radius 2 is 2.17 bits per heavy atom. The van der Waals surface area contributed by atoms with E-state index >= 15 is 0 Å². The Bertz CT molecular complexity index is 956. The first-order chi connectivity index (χ1) is 14.5. The Morgan fingerprint density at radius 1 is 1.37 bits per heavy atom. The maximum absolute atomic E-state index is 12.7. The van der Waals surface area contributed by atoms with Gasteiger partial charge in [0.05, 0.1) is 24.1 Å². The fourth-order valence-corrected chi connectivity index (χ4v) is 4.36. The number of aliphatic hydroxyl groups is 1. The SMILES string of the molecule is Cc1cc(CC(=O)N2C[C@H](O)C[C@H]2C(=O)NCc2ccc(C3=CSCN3)cc2)on1. The van der Waals surface area contributed by atoms with Gasteiger partial charge in [-0.15, -0.1) is 11.8 Å². The third kappa shape index (κ3) is 4.68. The predicted molar refractivity (Wildman–Crippen MR) is 113 cm³/mol. The lowest BCUT2D eigenvalue weighted by Gasteiger charge is -2.23. The number of β-amino-alcohol motifs (C(OH)–C–C–N with tert-alkyl or cyclic N) is 1. The fraction of sp³-hybridized carbons (Fsp3) is 0.381. The molecular weight excluding hydrogens is 404 g/mol. The van der Waals surface area contributed by atoms with E-state index in [4.69, 9.17) is 4.52 Å². The molecule has 0 saturated carbocycles. The molecule has 2 aromatic rings. The average Bonchev–Trinajstić information content (AvgIpc) is 3.48. The van der Waals surface area contributed by atoms with Gasteiger partial charge in [0.1, 0.15) is 11.8 Å². The number of rotatable bonds is 6. The van der Waals surface area contributed by atoms with Gasteiger partial charge in [0.25, 0.3) is 0 Å². The number of aromatic nitrogens is 1. The molecule has 0 bridgehead atoms. The summed E-state index contributed by atoms with van der Waals surface area (Å²) in [6.45, 7) is 2.27. The van der Waals surface area contributed by atoms with Gasteiger partial charge in [-0.05, 0) is 23.5 Å². The first-order valence-electron chi connectivity index (χ1n) is 9.82. The molecule has 1 aromatic carbocycles. The molecule has 4 rings (SSSR count). The van der Waals surface area contributed by atoms with E-state index in [0.717, 1.165) is 22.7 Å². The number of amides is 2. The second kappa shape index (κ2) is 8.93. The predicted octanol–water partition coefficient (Wildman–Crippen LogP) is 1.40. The van der Waals surface area contributed by atoms with Crippen molar-refractivity contribution in [3.05, 3.63) is 58.3 Å². The van der Waals surface area contributed by atoms with Crippen molar-refractivity contribution in [2.45, 2.75) is 38.5 Å². The van der Waals surface area contributed by atoms with Crippen LogP contribution >= 0.6 is 11.8 Å². The number of thioether (sulfide) groups is 1. The zero-order valence-electron chi connectivity index (χ0n) is 16.6. The largest absolute Gasteiger partial charge is 0.391 e. The van der Waals surface area contributed by atoms with E-state index in [1.165, 1.54) is 4.90 Å². The molecule has 158 valence electrons. The molecular formula is C21H24N4O4S. The van der Waals surface area contributed by atoms with Crippen molar-refractivity contribution in [3.8, 4) is 0 Å². The van der Waals surface area contributed by atoms with Crippen LogP contribution in [-0.2, 0) is 22.6 Å². The summed E-state index contributed by atoms with van der Waals surface area (Å²) in [5.74, 6) is 0.797. The van der Waals surface area contributed by atoms with Crippen molar-refractivity contribution in [2.24, 2.45) is 0 Å². The van der Waals surface area contributed by atoms with E-state index in [-0.39, 0.29) is 31.2 Å². The maximum atomic E-state index is 12.7. The molecule has 8 nitrogen and oxygen atoms in total. The quantitative estimate of drug-likeness (QED) is 0.638. The maximum Gasteiger partial charge on any atom is 0.243 e. The number of hydrogen-bond acceptors (Lipinski definition) is 7. The summed E-state index contributed by atoms with van der Waals surface area (Å²) in [5.41, 5.74) is 3.87. The zero-order chi connectivity index (χ0) is 21.1. The number of benzene rings is 1. The molecule has 1 aromatic heterocycles. The first kappa shape index (κ1) is 20.5. The number of likely N-dealkylation sites (tertiary alicyclic amines) is 1. The molecule has 1 fully saturated rings. The Kier molecular flexibility index (Phi) is 6.10. The van der Waals surface area contributed by atoms with Gasteiger partial charge < -0.3 is 25.2 Å². The second-order valence-electron chi connectivity index (χ2n) is 7.50. The van der Waals surface area contributed by atoms with E-state index < -0.39 is 12.1 Å². The van der Waals surface area contributed by atoms with Crippen LogP contribution in [0.25, 0.3) is 5.70 Å². The average molecular weight is 429 g/mol. The van der Waals surface area contributed by atoms with Gasteiger partial charge in [0.2, 0.25) is 11.8 Å². The summed E-state index contributed by atoms with van der Waals surface area (Å²) in [6.07, 6.45) is -0.477. The molecule has 0 aliphatic carbocycles. The van der Waals surface area contributed by atoms with Crippen LogP contribution in [0, 0.1) is 6.92 Å². The molecule has 0 unspecified atom stereocenters. The second-order valence-corrected chi connectivity index (χ2v) is 8.35. The number of carbonyl (C=O) groups is 2. The Morgan fingerprint density at radius 3 is 2.83 bits per heavy atom. The van der Waals surface area contributed by atoms with E-state index in [1.54, 1.807) is 24.8 Å². The molecule has 1 saturated heterocycles. The van der Waals surface area contributed by atoms with Crippen LogP contribution < -0.4 is 10.6 Å². The molecule has 2 amide bonds. The Hall–Kier alpha value is -2.78. The summed E-state index contributed by atoms with van der Waals surface area (Å²) in [4.78, 5) is 26.8. The van der Waals surface area contributed by atoms with Crippen LogP contribution in [0.15, 0.2) is 40.3 Å². The number of carbonyl (C=O) groups excluding carboxylic acids is 2. The third-order valence-electron chi connectivity index (χ3n) is 5.18. The van der Waals surface area contributed by atoms with Crippen LogP contribution in [0.2, 0.25) is 0 Å². The van der Waals surface area contributed by atoms with Crippen LogP contribution in [0.3, 0.4) is 0 Å². The number of aliphatic hydroxyl groups excluding tert-OH is 1. The normalized spacial score (nSPS) is 20.7. The minimum absolute atomic E-state index is 0.0149. The molecule has 0 spiro atoms. The van der Waals surface area contributed by atoms with Gasteiger partial charge in [-0.3, -0.25) is 9.59 Å². The summed E-state index contributed by atoms with van der Waals surface area (Å²) >= 11 is 1.72. The van der Waals surface area contributed by atoms with Gasteiger partial charge >= 0.3 is 0 Å². The van der Waals surface area contributed by atoms with Crippen LogP contribution in [0.1, 0.15) is 29.0 Å². The van der Waals surface area contributed by atoms with Crippen molar-refractivity contribution >= 4 is 29.3 Å². The van der Waals surface area contributed by atoms with E-state index in [2.05, 4.69) is 21.2 Å². The molecule has 2 aliphatic rings. The summed E-state index contributed by atoms with van der Waals surface area (Å²) in [7, 11) is 0. The zero-order valence-corrected chi connectivity index (χ0v) is 17.4. The number of hydrogen-bond donors (Lipinski definition) is 3. The molecule has 30 heavy (non-hydrogen) atoms. The first-order valence-corrected chi connectivity index (χ1v) is 10.9. The highest BCUT2D eigenvalue weighted by Crippen LogP contribution is 2.23. The molecule has 3 N–H and O–H groups in total. The van der Waals surface area contributed by atoms with Gasteiger partial charge in [0.15, 0.2) is 0 Å². The summed E-state index contributed by atoms with van der Waals surface area (Å²) in [5, 5.41) is 22.1. The van der Waals surface area contributed by atoms with Crippen molar-refractivity contribution in [3.63, 3.8) is 0 Å². The highest BCUT2D eigenvalue weighted by Gasteiger charge is 2.38. The lowest BCUT2D eigenvalue weighted by Crippen LogP contribution is -2.46. The van der Waals surface area contributed by atoms with Crippen LogP contribution in [0.5, 0.6) is 0 Å². The highest BCUT2D eigenvalue weighted by molar-refractivity contribution is 8.02. The highest BCUT2D eigenvalue weighted by atomic mass is 32.2. The Balaban J connectivity index is 1.34. The summed E-state index contributed by atoms with van der Waals surface area (Å²) in [6, 6.07) is 8.97. The number of nitrogens with one attached hydrogen (secondary N) is 2. The summed E-state index contributed by atoms with van der Waals surface area (Å²) < 4.78 is 5.10. The lowest BCUT2D eigenvalue weighted by atomic mass is 10.1. The van der Waals surface area contributed by atoms with E-state index in [9.17, 15) is 14.7 Å². The van der Waals surface area contributed by atoms with Crippen molar-refractivity contribution in [1.82, 2.24) is 20.7 Å². The molecule has 9 heteroatoms. The van der Waals surface area contributed by atoms with Gasteiger partial charge in [-0.2, -0.15) is 0 Å². The van der Waals surface area contributed by atoms with Crippen LogP contribution in [0.4, 0.5) is 0 Å². The van der Waals surface area contributed by atoms with Crippen molar-refractivity contribution in [1.29, 1.82) is 0 Å². The number of aryl methyl sites for hydroxylation is 1. The molecule has 0 radical (unpaired) electrons. The monoisotopic (exact) mass is 428 g/mol. The molecule has 2 aliphatic heterocycles. The smallest absolute Gasteiger partial charge is 0.243 e. The van der Waals surface area contributed by atoms with E-state index in [1.807, 2.05) is 24.3 Å². The minimum atomic E-state index is -0.717. The lowest BCUT2D eigenvalue weighted by molar-refractivity contribution is -0.138. The molecule has 3 heterocycles. The Labute approximate surface area is 178 Å².